The van der Waals surface area contributed by atoms with Gasteiger partial charge in [-0.3, -0.25) is 0 Å². The molecule has 2 nitrogen and oxygen atoms in total. The van der Waals surface area contributed by atoms with Crippen LogP contribution in [-0.2, 0) is 6.54 Å². The molecule has 0 spiro atoms. The first-order valence-corrected chi connectivity index (χ1v) is 10.8. The SMILES string of the molecule is CCCCCCCC[n+]1ccccc1/C=C/c1ccc(N(CC)CC)cc1. The van der Waals surface area contributed by atoms with E-state index < -0.39 is 0 Å². The Morgan fingerprint density at radius 1 is 0.778 bits per heavy atom. The fourth-order valence-electron chi connectivity index (χ4n) is 3.47. The topological polar surface area (TPSA) is 7.12 Å². The van der Waals surface area contributed by atoms with Crippen LogP contribution >= 0.6 is 0 Å². The lowest BCUT2D eigenvalue weighted by Gasteiger charge is -2.20. The Morgan fingerprint density at radius 3 is 2.19 bits per heavy atom. The molecule has 0 bridgehead atoms. The Morgan fingerprint density at radius 2 is 1.48 bits per heavy atom. The Bertz CT molecular complexity index is 669. The molecule has 1 aromatic carbocycles. The van der Waals surface area contributed by atoms with Crippen LogP contribution in [0.5, 0.6) is 0 Å². The molecule has 1 heterocycles. The summed E-state index contributed by atoms with van der Waals surface area (Å²) in [6.45, 7) is 9.88. The second-order valence-electron chi connectivity index (χ2n) is 7.18. The van der Waals surface area contributed by atoms with Crippen molar-refractivity contribution >= 4 is 17.8 Å². The van der Waals surface area contributed by atoms with Crippen LogP contribution in [0.3, 0.4) is 0 Å². The molecule has 0 aliphatic rings. The number of nitrogens with zero attached hydrogens (tertiary/aromatic N) is 2. The highest BCUT2D eigenvalue weighted by Gasteiger charge is 2.06. The maximum atomic E-state index is 2.38. The van der Waals surface area contributed by atoms with E-state index in [1.165, 1.54) is 55.5 Å². The van der Waals surface area contributed by atoms with Crippen molar-refractivity contribution in [1.82, 2.24) is 0 Å². The van der Waals surface area contributed by atoms with Crippen LogP contribution in [-0.4, -0.2) is 13.1 Å². The highest BCUT2D eigenvalue weighted by molar-refractivity contribution is 5.68. The van der Waals surface area contributed by atoms with Gasteiger partial charge in [-0.25, -0.2) is 0 Å². The van der Waals surface area contributed by atoms with Gasteiger partial charge in [-0.1, -0.05) is 44.7 Å². The van der Waals surface area contributed by atoms with Gasteiger partial charge in [0.1, 0.15) is 6.54 Å². The number of hydrogen-bond acceptors (Lipinski definition) is 1. The summed E-state index contributed by atoms with van der Waals surface area (Å²) >= 11 is 0. The Kier molecular flexibility index (Phi) is 9.68. The minimum Gasteiger partial charge on any atom is -0.372 e. The standard InChI is InChI=1S/C25H37N2/c1-4-7-8-9-10-12-21-27-22-13-11-14-24(27)18-15-23-16-19-25(20-17-23)26(5-2)6-3/h11,13-20,22H,4-10,12,21H2,1-3H3/q+1. The summed E-state index contributed by atoms with van der Waals surface area (Å²) < 4.78 is 2.38. The molecular formula is C25H37N2+. The zero-order chi connectivity index (χ0) is 19.3. The van der Waals surface area contributed by atoms with Crippen LogP contribution in [0.1, 0.15) is 70.6 Å². The predicted octanol–water partition coefficient (Wildman–Crippen LogP) is 6.35. The zero-order valence-electron chi connectivity index (χ0n) is 17.5. The van der Waals surface area contributed by atoms with E-state index in [1.54, 1.807) is 0 Å². The fraction of sp³-hybridized carbons (Fsp3) is 0.480. The maximum Gasteiger partial charge on any atom is 0.205 e. The monoisotopic (exact) mass is 365 g/mol. The highest BCUT2D eigenvalue weighted by atomic mass is 15.1. The minimum atomic E-state index is 1.05. The van der Waals surface area contributed by atoms with Gasteiger partial charge in [0.05, 0.1) is 0 Å². The lowest BCUT2D eigenvalue weighted by molar-refractivity contribution is -0.699. The van der Waals surface area contributed by atoms with Crippen LogP contribution < -0.4 is 9.47 Å². The Hall–Kier alpha value is -2.09. The van der Waals surface area contributed by atoms with Crippen molar-refractivity contribution in [2.75, 3.05) is 18.0 Å². The molecule has 2 heteroatoms. The molecular weight excluding hydrogens is 328 g/mol. The number of rotatable bonds is 12. The number of aromatic nitrogens is 1. The van der Waals surface area contributed by atoms with E-state index in [4.69, 9.17) is 0 Å². The average Bonchev–Trinajstić information content (AvgIpc) is 2.71. The summed E-state index contributed by atoms with van der Waals surface area (Å²) in [7, 11) is 0. The number of aryl methyl sites for hydroxylation is 1. The molecule has 0 aliphatic heterocycles. The van der Waals surface area contributed by atoms with Gasteiger partial charge in [-0.15, -0.1) is 0 Å². The van der Waals surface area contributed by atoms with E-state index >= 15 is 0 Å². The number of unbranched alkanes of at least 4 members (excludes halogenated alkanes) is 5. The van der Waals surface area contributed by atoms with Crippen molar-refractivity contribution in [3.05, 3.63) is 59.9 Å². The average molecular weight is 366 g/mol. The molecule has 27 heavy (non-hydrogen) atoms. The van der Waals surface area contributed by atoms with Gasteiger partial charge in [0.2, 0.25) is 5.69 Å². The van der Waals surface area contributed by atoms with Crippen molar-refractivity contribution in [3.63, 3.8) is 0 Å². The molecule has 0 amide bonds. The van der Waals surface area contributed by atoms with Crippen molar-refractivity contribution in [1.29, 1.82) is 0 Å². The molecule has 0 aliphatic carbocycles. The van der Waals surface area contributed by atoms with Gasteiger partial charge in [-0.05, 0) is 50.1 Å². The smallest absolute Gasteiger partial charge is 0.205 e. The first-order chi connectivity index (χ1) is 13.3. The first kappa shape index (κ1) is 21.2. The van der Waals surface area contributed by atoms with E-state index in [9.17, 15) is 0 Å². The highest BCUT2D eigenvalue weighted by Crippen LogP contribution is 2.16. The zero-order valence-corrected chi connectivity index (χ0v) is 17.5. The molecule has 0 saturated heterocycles. The molecule has 0 radical (unpaired) electrons. The largest absolute Gasteiger partial charge is 0.372 e. The third kappa shape index (κ3) is 7.21. The predicted molar refractivity (Wildman–Crippen MR) is 119 cm³/mol. The summed E-state index contributed by atoms with van der Waals surface area (Å²) in [5, 5.41) is 0. The van der Waals surface area contributed by atoms with Crippen LogP contribution in [0.25, 0.3) is 12.2 Å². The van der Waals surface area contributed by atoms with E-state index in [0.717, 1.165) is 19.6 Å². The van der Waals surface area contributed by atoms with Gasteiger partial charge < -0.3 is 4.90 Å². The molecule has 146 valence electrons. The molecule has 2 aromatic rings. The van der Waals surface area contributed by atoms with Gasteiger partial charge in [-0.2, -0.15) is 4.57 Å². The Labute approximate surface area is 166 Å². The summed E-state index contributed by atoms with van der Waals surface area (Å²) in [6.07, 6.45) is 14.7. The maximum absolute atomic E-state index is 2.38. The second kappa shape index (κ2) is 12.3. The van der Waals surface area contributed by atoms with Gasteiger partial charge in [0, 0.05) is 43.4 Å². The quantitative estimate of drug-likeness (QED) is 0.314. The lowest BCUT2D eigenvalue weighted by Crippen LogP contribution is -2.36. The van der Waals surface area contributed by atoms with Crippen molar-refractivity contribution in [2.45, 2.75) is 65.8 Å². The van der Waals surface area contributed by atoms with Crippen LogP contribution in [0, 0.1) is 0 Å². The van der Waals surface area contributed by atoms with Crippen molar-refractivity contribution in [2.24, 2.45) is 0 Å². The molecule has 0 N–H and O–H groups in total. The summed E-state index contributed by atoms with van der Waals surface area (Å²) in [4.78, 5) is 2.37. The van der Waals surface area contributed by atoms with Gasteiger partial charge >= 0.3 is 0 Å². The third-order valence-electron chi connectivity index (χ3n) is 5.20. The lowest BCUT2D eigenvalue weighted by atomic mass is 10.1. The van der Waals surface area contributed by atoms with Gasteiger partial charge in [0.15, 0.2) is 6.20 Å². The number of pyridine rings is 1. The summed E-state index contributed by atoms with van der Waals surface area (Å²) in [5.74, 6) is 0. The molecule has 0 unspecified atom stereocenters. The van der Waals surface area contributed by atoms with E-state index in [0.29, 0.717) is 0 Å². The molecule has 2 rings (SSSR count). The second-order valence-corrected chi connectivity index (χ2v) is 7.18. The van der Waals surface area contributed by atoms with Crippen molar-refractivity contribution in [3.8, 4) is 0 Å². The van der Waals surface area contributed by atoms with Crippen LogP contribution in [0.4, 0.5) is 5.69 Å². The van der Waals surface area contributed by atoms with E-state index in [1.807, 2.05) is 0 Å². The molecule has 0 atom stereocenters. The summed E-state index contributed by atoms with van der Waals surface area (Å²) in [5.41, 5.74) is 3.83. The molecule has 0 saturated carbocycles. The third-order valence-corrected chi connectivity index (χ3v) is 5.20. The number of anilines is 1. The fourth-order valence-corrected chi connectivity index (χ4v) is 3.47. The minimum absolute atomic E-state index is 1.05. The first-order valence-electron chi connectivity index (χ1n) is 10.8. The van der Waals surface area contributed by atoms with E-state index in [-0.39, 0.29) is 0 Å². The van der Waals surface area contributed by atoms with Crippen LogP contribution in [0.2, 0.25) is 0 Å². The Balaban J connectivity index is 1.94. The van der Waals surface area contributed by atoms with Crippen molar-refractivity contribution < 1.29 is 4.57 Å². The van der Waals surface area contributed by atoms with Crippen LogP contribution in [0.15, 0.2) is 48.7 Å². The molecule has 1 aromatic heterocycles. The normalized spacial score (nSPS) is 11.2. The molecule has 0 fully saturated rings. The number of benzene rings is 1. The van der Waals surface area contributed by atoms with Gasteiger partial charge in [0.25, 0.3) is 0 Å². The van der Waals surface area contributed by atoms with E-state index in [2.05, 4.69) is 91.1 Å². The summed E-state index contributed by atoms with van der Waals surface area (Å²) in [6, 6.07) is 15.3. The number of hydrogen-bond donors (Lipinski definition) is 0.